The lowest BCUT2D eigenvalue weighted by Gasteiger charge is -2.75. The minimum Gasteiger partial charge on any atom is -0.481 e. The fourth-order valence-electron chi connectivity index (χ4n) is 13.9. The standard InChI is InChI=1S/C40H60O6/c1-25-39-14-12-29-36(4,18-20-38(6)30-24-35(3,33(42)43)16-15-34(30,2)17-19-37(29,38)5)32(39)28(41)23-40(25,44)46-31(39)22-27-10-8-26(9-11-27)13-21-45-7/h8-11,25,28-32,41,44H,12-24H2,1-7H3,(H,42,43)/t25-,28-,29+,30+,31-,32-,34-,35+,36+,37+,38+,39+,40-/m0/s1. The molecule has 1 heterocycles. The Bertz CT molecular complexity index is 1360. The Kier molecular flexibility index (Phi) is 7.55. The highest BCUT2D eigenvalue weighted by Gasteiger charge is 2.77. The molecule has 0 unspecified atom stereocenters. The van der Waals surface area contributed by atoms with E-state index in [4.69, 9.17) is 9.47 Å². The number of aliphatic carboxylic acids is 1. The van der Waals surface area contributed by atoms with E-state index in [9.17, 15) is 20.1 Å². The summed E-state index contributed by atoms with van der Waals surface area (Å²) in [6.07, 6.45) is 10.2. The van der Waals surface area contributed by atoms with Crippen molar-refractivity contribution in [1.82, 2.24) is 0 Å². The van der Waals surface area contributed by atoms with E-state index in [0.29, 0.717) is 18.4 Å². The maximum absolute atomic E-state index is 12.6. The number of ether oxygens (including phenoxy) is 2. The zero-order chi connectivity index (χ0) is 33.1. The first-order valence-corrected chi connectivity index (χ1v) is 18.4. The monoisotopic (exact) mass is 636 g/mol. The van der Waals surface area contributed by atoms with Gasteiger partial charge in [-0.1, -0.05) is 58.9 Å². The van der Waals surface area contributed by atoms with Gasteiger partial charge in [-0.25, -0.2) is 0 Å². The molecule has 1 spiro atoms. The number of aliphatic hydroxyl groups excluding tert-OH is 1. The number of fused-ring (bicyclic) bond motifs is 7. The highest BCUT2D eigenvalue weighted by molar-refractivity contribution is 5.74. The highest BCUT2D eigenvalue weighted by Crippen LogP contribution is 2.80. The predicted octanol–water partition coefficient (Wildman–Crippen LogP) is 7.42. The van der Waals surface area contributed by atoms with Crippen molar-refractivity contribution in [2.75, 3.05) is 13.7 Å². The molecule has 0 amide bonds. The topological polar surface area (TPSA) is 96.2 Å². The maximum Gasteiger partial charge on any atom is 0.309 e. The van der Waals surface area contributed by atoms with Crippen molar-refractivity contribution >= 4 is 5.97 Å². The summed E-state index contributed by atoms with van der Waals surface area (Å²) < 4.78 is 12.0. The van der Waals surface area contributed by atoms with Gasteiger partial charge in [0.15, 0.2) is 5.79 Å². The number of rotatable bonds is 6. The third-order valence-electron chi connectivity index (χ3n) is 16.8. The molecule has 3 N–H and O–H groups in total. The Hall–Kier alpha value is -1.47. The highest BCUT2D eigenvalue weighted by atomic mass is 16.6. The normalized spacial score (nSPS) is 52.6. The van der Waals surface area contributed by atoms with Gasteiger partial charge in [-0.05, 0) is 128 Å². The van der Waals surface area contributed by atoms with E-state index in [0.717, 1.165) is 64.2 Å². The van der Waals surface area contributed by atoms with Crippen LogP contribution < -0.4 is 0 Å². The van der Waals surface area contributed by atoms with E-state index in [2.05, 4.69) is 58.9 Å². The molecule has 1 aromatic rings. The second kappa shape index (κ2) is 10.5. The van der Waals surface area contributed by atoms with Gasteiger partial charge in [0.1, 0.15) is 0 Å². The fraction of sp³-hybridized carbons (Fsp3) is 0.825. The first-order valence-electron chi connectivity index (χ1n) is 18.4. The lowest BCUT2D eigenvalue weighted by Crippen LogP contribution is -2.71. The van der Waals surface area contributed by atoms with Crippen LogP contribution in [-0.2, 0) is 27.1 Å². The second-order valence-electron chi connectivity index (χ2n) is 18.5. The molecule has 7 rings (SSSR count). The summed E-state index contributed by atoms with van der Waals surface area (Å²) >= 11 is 0. The summed E-state index contributed by atoms with van der Waals surface area (Å²) in [5.74, 6) is -1.12. The lowest BCUT2D eigenvalue weighted by molar-refractivity contribution is -0.286. The summed E-state index contributed by atoms with van der Waals surface area (Å²) in [5, 5.41) is 34.4. The van der Waals surface area contributed by atoms with Gasteiger partial charge >= 0.3 is 5.97 Å². The molecule has 6 nitrogen and oxygen atoms in total. The van der Waals surface area contributed by atoms with Crippen LogP contribution in [0.15, 0.2) is 24.3 Å². The Morgan fingerprint density at radius 3 is 2.20 bits per heavy atom. The van der Waals surface area contributed by atoms with Gasteiger partial charge < -0.3 is 24.8 Å². The minimum absolute atomic E-state index is 0.0489. The van der Waals surface area contributed by atoms with Crippen LogP contribution in [-0.4, -0.2) is 53.0 Å². The van der Waals surface area contributed by atoms with Gasteiger partial charge in [-0.15, -0.1) is 0 Å². The third-order valence-corrected chi connectivity index (χ3v) is 16.8. The first kappa shape index (κ1) is 33.0. The molecule has 0 aromatic heterocycles. The number of methoxy groups -OCH3 is 1. The molecular weight excluding hydrogens is 576 g/mol. The van der Waals surface area contributed by atoms with Gasteiger partial charge in [-0.2, -0.15) is 0 Å². The molecule has 2 bridgehead atoms. The van der Waals surface area contributed by atoms with Crippen LogP contribution in [0.2, 0.25) is 0 Å². The predicted molar refractivity (Wildman–Crippen MR) is 178 cm³/mol. The number of hydrogen-bond acceptors (Lipinski definition) is 5. The van der Waals surface area contributed by atoms with Gasteiger partial charge in [0.2, 0.25) is 0 Å². The van der Waals surface area contributed by atoms with Crippen molar-refractivity contribution in [2.45, 2.75) is 137 Å². The average molecular weight is 637 g/mol. The summed E-state index contributed by atoms with van der Waals surface area (Å²) in [5.41, 5.74) is 1.73. The molecule has 0 radical (unpaired) electrons. The van der Waals surface area contributed by atoms with E-state index in [1.54, 1.807) is 7.11 Å². The molecule has 6 heteroatoms. The molecule has 1 aromatic carbocycles. The third kappa shape index (κ3) is 4.24. The van der Waals surface area contributed by atoms with Crippen LogP contribution >= 0.6 is 0 Å². The molecule has 13 atom stereocenters. The Labute approximate surface area is 277 Å². The zero-order valence-corrected chi connectivity index (χ0v) is 29.5. The van der Waals surface area contributed by atoms with Gasteiger partial charge in [0.05, 0.1) is 24.2 Å². The van der Waals surface area contributed by atoms with Crippen molar-refractivity contribution in [3.8, 4) is 0 Å². The van der Waals surface area contributed by atoms with Gasteiger partial charge in [0.25, 0.3) is 0 Å². The van der Waals surface area contributed by atoms with Crippen LogP contribution in [0.3, 0.4) is 0 Å². The van der Waals surface area contributed by atoms with Gasteiger partial charge in [0, 0.05) is 24.9 Å². The van der Waals surface area contributed by atoms with E-state index in [-0.39, 0.29) is 51.4 Å². The summed E-state index contributed by atoms with van der Waals surface area (Å²) in [7, 11) is 1.73. The Morgan fingerprint density at radius 2 is 1.52 bits per heavy atom. The largest absolute Gasteiger partial charge is 0.481 e. The van der Waals surface area contributed by atoms with Gasteiger partial charge in [-0.3, -0.25) is 4.79 Å². The van der Waals surface area contributed by atoms with Crippen molar-refractivity contribution in [1.29, 1.82) is 0 Å². The molecule has 1 saturated heterocycles. The molecule has 46 heavy (non-hydrogen) atoms. The molecule has 6 fully saturated rings. The molecule has 6 aliphatic rings. The molecule has 1 aliphatic heterocycles. The van der Waals surface area contributed by atoms with Crippen LogP contribution in [0, 0.1) is 56.2 Å². The zero-order valence-electron chi connectivity index (χ0n) is 29.5. The van der Waals surface area contributed by atoms with Crippen molar-refractivity contribution in [3.63, 3.8) is 0 Å². The minimum atomic E-state index is -1.30. The number of carbonyl (C=O) groups is 1. The van der Waals surface area contributed by atoms with E-state index in [1.165, 1.54) is 17.5 Å². The maximum atomic E-state index is 12.6. The first-order chi connectivity index (χ1) is 21.5. The Balaban J connectivity index is 1.24. The van der Waals surface area contributed by atoms with Crippen LogP contribution in [0.1, 0.15) is 117 Å². The van der Waals surface area contributed by atoms with E-state index in [1.807, 2.05) is 6.92 Å². The van der Waals surface area contributed by atoms with Crippen LogP contribution in [0.25, 0.3) is 0 Å². The summed E-state index contributed by atoms with van der Waals surface area (Å²) in [6, 6.07) is 8.80. The number of carboxylic acids is 1. The number of benzene rings is 1. The van der Waals surface area contributed by atoms with Crippen LogP contribution in [0.5, 0.6) is 0 Å². The molecule has 5 aliphatic carbocycles. The smallest absolute Gasteiger partial charge is 0.309 e. The number of aliphatic hydroxyl groups is 2. The fourth-order valence-corrected chi connectivity index (χ4v) is 13.9. The van der Waals surface area contributed by atoms with Crippen molar-refractivity contribution in [3.05, 3.63) is 35.4 Å². The molecule has 5 saturated carbocycles. The summed E-state index contributed by atoms with van der Waals surface area (Å²) in [6.45, 7) is 14.9. The molecule has 256 valence electrons. The quantitative estimate of drug-likeness (QED) is 0.301. The van der Waals surface area contributed by atoms with Crippen LogP contribution in [0.4, 0.5) is 0 Å². The van der Waals surface area contributed by atoms with Crippen molar-refractivity contribution in [2.24, 2.45) is 56.2 Å². The number of hydrogen-bond donors (Lipinski definition) is 3. The SMILES string of the molecule is COCCc1ccc(C[C@@H]2O[C@@]3(O)C[C@H](O)[C@H]4[C@]5(C)CC[C@]6(C)[C@@H]7C[C@](C)(C(=O)O)CC[C@@]7(C)CC[C@]6(C)[C@@H]5CC[C@@]24[C@@H]3C)cc1. The average Bonchev–Trinajstić information content (AvgIpc) is 3.12. The lowest BCUT2D eigenvalue weighted by atomic mass is 9.29. The summed E-state index contributed by atoms with van der Waals surface area (Å²) in [4.78, 5) is 12.6. The second-order valence-corrected chi connectivity index (χ2v) is 18.5. The number of carboxylic acid groups (broad SMARTS) is 1. The Morgan fingerprint density at radius 1 is 0.891 bits per heavy atom. The van der Waals surface area contributed by atoms with Crippen molar-refractivity contribution < 1.29 is 29.6 Å². The van der Waals surface area contributed by atoms with E-state index < -0.39 is 23.3 Å². The van der Waals surface area contributed by atoms with E-state index >= 15 is 0 Å². The molecular formula is C40H60O6.